The largest absolute Gasteiger partial charge is 0.387 e. The number of hydrogen-bond acceptors (Lipinski definition) is 7. The minimum Gasteiger partial charge on any atom is -0.387 e. The van der Waals surface area contributed by atoms with Crippen LogP contribution in [0, 0.1) is 0 Å². The number of fused-ring (bicyclic) bond motifs is 3. The van der Waals surface area contributed by atoms with Crippen LogP contribution >= 0.6 is 24.0 Å². The Labute approximate surface area is 159 Å². The Morgan fingerprint density at radius 1 is 1.23 bits per heavy atom. The molecular weight excluding hydrogens is 366 g/mol. The van der Waals surface area contributed by atoms with Gasteiger partial charge >= 0.3 is 0 Å². The van der Waals surface area contributed by atoms with Gasteiger partial charge in [0.15, 0.2) is 0 Å². The normalized spacial score (nSPS) is 11.2. The molecule has 3 heterocycles. The summed E-state index contributed by atoms with van der Waals surface area (Å²) >= 11 is 5.78. The van der Waals surface area contributed by atoms with Crippen molar-refractivity contribution in [2.45, 2.75) is 11.8 Å². The minimum atomic E-state index is -0.102. The van der Waals surface area contributed by atoms with Crippen molar-refractivity contribution in [1.82, 2.24) is 14.5 Å². The molecule has 0 radical (unpaired) electrons. The SMILES string of the molecule is CCNc1ccnc2sc3c(=O)n(-c4ccc(S)c(NC)c4)cnc3c12. The Balaban J connectivity index is 1.97. The fraction of sp³-hybridized carbons (Fsp3) is 0.167. The van der Waals surface area contributed by atoms with E-state index in [0.717, 1.165) is 38.7 Å². The van der Waals surface area contributed by atoms with Gasteiger partial charge < -0.3 is 10.6 Å². The van der Waals surface area contributed by atoms with Crippen molar-refractivity contribution in [2.24, 2.45) is 0 Å². The molecule has 0 spiro atoms. The van der Waals surface area contributed by atoms with Gasteiger partial charge in [-0.1, -0.05) is 0 Å². The van der Waals surface area contributed by atoms with E-state index in [4.69, 9.17) is 0 Å². The molecule has 0 aliphatic carbocycles. The highest BCUT2D eigenvalue weighted by Gasteiger charge is 2.16. The van der Waals surface area contributed by atoms with Crippen LogP contribution in [0.1, 0.15) is 6.92 Å². The summed E-state index contributed by atoms with van der Waals surface area (Å²) < 4.78 is 2.15. The van der Waals surface area contributed by atoms with Gasteiger partial charge in [-0.15, -0.1) is 24.0 Å². The molecule has 132 valence electrons. The maximum atomic E-state index is 13.1. The molecule has 0 saturated carbocycles. The van der Waals surface area contributed by atoms with Gasteiger partial charge in [-0.25, -0.2) is 9.97 Å². The molecule has 3 aromatic heterocycles. The van der Waals surface area contributed by atoms with Crippen molar-refractivity contribution in [2.75, 3.05) is 24.2 Å². The van der Waals surface area contributed by atoms with Crippen LogP contribution in [0.2, 0.25) is 0 Å². The lowest BCUT2D eigenvalue weighted by Crippen LogP contribution is -2.17. The molecule has 0 amide bonds. The molecule has 0 aliphatic heterocycles. The molecule has 2 N–H and O–H groups in total. The second-order valence-corrected chi connectivity index (χ2v) is 7.20. The molecule has 4 aromatic rings. The first kappa shape index (κ1) is 16.9. The van der Waals surface area contributed by atoms with E-state index in [0.29, 0.717) is 10.2 Å². The molecule has 0 atom stereocenters. The Kier molecular flexibility index (Phi) is 4.29. The van der Waals surface area contributed by atoms with Crippen molar-refractivity contribution in [1.29, 1.82) is 0 Å². The molecule has 0 unspecified atom stereocenters. The fourth-order valence-corrected chi connectivity index (χ4v) is 4.25. The van der Waals surface area contributed by atoms with Crippen molar-refractivity contribution in [3.05, 3.63) is 47.1 Å². The number of pyridine rings is 1. The lowest BCUT2D eigenvalue weighted by molar-refractivity contribution is 0.965. The van der Waals surface area contributed by atoms with Crippen LogP contribution in [0.5, 0.6) is 0 Å². The van der Waals surface area contributed by atoms with Crippen molar-refractivity contribution >= 4 is 55.8 Å². The zero-order valence-corrected chi connectivity index (χ0v) is 16.0. The van der Waals surface area contributed by atoms with Crippen LogP contribution in [0.3, 0.4) is 0 Å². The van der Waals surface area contributed by atoms with E-state index in [-0.39, 0.29) is 5.56 Å². The highest BCUT2D eigenvalue weighted by Crippen LogP contribution is 2.34. The summed E-state index contributed by atoms with van der Waals surface area (Å²) in [6.07, 6.45) is 3.32. The fourth-order valence-electron chi connectivity index (χ4n) is 2.95. The lowest BCUT2D eigenvalue weighted by Gasteiger charge is -2.10. The first-order valence-electron chi connectivity index (χ1n) is 8.18. The van der Waals surface area contributed by atoms with E-state index < -0.39 is 0 Å². The number of thiol groups is 1. The van der Waals surface area contributed by atoms with Crippen molar-refractivity contribution in [3.8, 4) is 5.69 Å². The molecule has 0 fully saturated rings. The number of nitrogens with zero attached hydrogens (tertiary/aromatic N) is 3. The zero-order chi connectivity index (χ0) is 18.3. The van der Waals surface area contributed by atoms with E-state index in [1.54, 1.807) is 17.1 Å². The molecule has 4 rings (SSSR count). The smallest absolute Gasteiger partial charge is 0.275 e. The molecule has 0 bridgehead atoms. The van der Waals surface area contributed by atoms with E-state index in [1.165, 1.54) is 11.3 Å². The molecule has 0 aliphatic rings. The van der Waals surface area contributed by atoms with Gasteiger partial charge in [0.1, 0.15) is 15.9 Å². The van der Waals surface area contributed by atoms with Crippen LogP contribution in [0.25, 0.3) is 26.1 Å². The highest BCUT2D eigenvalue weighted by atomic mass is 32.1. The van der Waals surface area contributed by atoms with Gasteiger partial charge in [0.25, 0.3) is 5.56 Å². The third-order valence-corrected chi connectivity index (χ3v) is 5.64. The number of anilines is 2. The number of nitrogens with one attached hydrogen (secondary N) is 2. The minimum absolute atomic E-state index is 0.102. The second-order valence-electron chi connectivity index (χ2n) is 5.72. The number of hydrogen-bond donors (Lipinski definition) is 3. The predicted molar refractivity (Wildman–Crippen MR) is 111 cm³/mol. The quantitative estimate of drug-likeness (QED) is 0.468. The number of rotatable bonds is 4. The van der Waals surface area contributed by atoms with E-state index in [2.05, 4.69) is 33.2 Å². The first-order chi connectivity index (χ1) is 12.6. The van der Waals surface area contributed by atoms with Crippen LogP contribution in [0.15, 0.2) is 46.5 Å². The van der Waals surface area contributed by atoms with E-state index in [1.807, 2.05) is 38.2 Å². The van der Waals surface area contributed by atoms with E-state index in [9.17, 15) is 4.79 Å². The summed E-state index contributed by atoms with van der Waals surface area (Å²) in [6, 6.07) is 7.51. The Hall–Kier alpha value is -2.58. The van der Waals surface area contributed by atoms with Crippen LogP contribution in [0.4, 0.5) is 11.4 Å². The standard InChI is InChI=1S/C18H17N5OS2/c1-3-20-11-6-7-21-17-14(11)15-16(26-17)18(24)23(9-22-15)10-4-5-13(25)12(8-10)19-2/h4-9,19,25H,3H2,1-2H3,(H,20,21). The Morgan fingerprint density at radius 3 is 2.85 bits per heavy atom. The number of aromatic nitrogens is 3. The molecule has 8 heteroatoms. The number of thiophene rings is 1. The van der Waals surface area contributed by atoms with Gasteiger partial charge in [0, 0.05) is 36.1 Å². The van der Waals surface area contributed by atoms with E-state index >= 15 is 0 Å². The van der Waals surface area contributed by atoms with Gasteiger partial charge in [-0.3, -0.25) is 9.36 Å². The topological polar surface area (TPSA) is 71.8 Å². The third-order valence-electron chi connectivity index (χ3n) is 4.18. The van der Waals surface area contributed by atoms with Crippen LogP contribution < -0.4 is 16.2 Å². The zero-order valence-electron chi connectivity index (χ0n) is 14.3. The van der Waals surface area contributed by atoms with Gasteiger partial charge in [0.2, 0.25) is 0 Å². The van der Waals surface area contributed by atoms with Crippen molar-refractivity contribution in [3.63, 3.8) is 0 Å². The summed E-state index contributed by atoms with van der Waals surface area (Å²) in [4.78, 5) is 23.7. The second kappa shape index (κ2) is 6.62. The van der Waals surface area contributed by atoms with Crippen LogP contribution in [-0.4, -0.2) is 28.1 Å². The maximum Gasteiger partial charge on any atom is 0.275 e. The molecule has 6 nitrogen and oxygen atoms in total. The molecule has 1 aromatic carbocycles. The first-order valence-corrected chi connectivity index (χ1v) is 9.44. The van der Waals surface area contributed by atoms with Gasteiger partial charge in [0.05, 0.1) is 16.6 Å². The summed E-state index contributed by atoms with van der Waals surface area (Å²) in [7, 11) is 1.82. The predicted octanol–water partition coefficient (Wildman–Crippen LogP) is 3.76. The average Bonchev–Trinajstić information content (AvgIpc) is 3.04. The summed E-state index contributed by atoms with van der Waals surface area (Å²) in [5.41, 5.74) is 3.13. The average molecular weight is 384 g/mol. The Bertz CT molecular complexity index is 1180. The maximum absolute atomic E-state index is 13.1. The summed E-state index contributed by atoms with van der Waals surface area (Å²) in [5, 5.41) is 7.30. The molecule has 26 heavy (non-hydrogen) atoms. The monoisotopic (exact) mass is 383 g/mol. The Morgan fingerprint density at radius 2 is 2.08 bits per heavy atom. The molecular formula is C18H17N5OS2. The lowest BCUT2D eigenvalue weighted by atomic mass is 10.2. The van der Waals surface area contributed by atoms with Gasteiger partial charge in [-0.05, 0) is 31.2 Å². The van der Waals surface area contributed by atoms with Crippen LogP contribution in [-0.2, 0) is 0 Å². The molecule has 0 saturated heterocycles. The van der Waals surface area contributed by atoms with Gasteiger partial charge in [-0.2, -0.15) is 0 Å². The van der Waals surface area contributed by atoms with Crippen molar-refractivity contribution < 1.29 is 0 Å². The third kappa shape index (κ3) is 2.62. The number of benzene rings is 1. The summed E-state index contributed by atoms with van der Waals surface area (Å²) in [5.74, 6) is 0. The highest BCUT2D eigenvalue weighted by molar-refractivity contribution is 7.80. The summed E-state index contributed by atoms with van der Waals surface area (Å²) in [6.45, 7) is 2.82.